The highest BCUT2D eigenvalue weighted by Crippen LogP contribution is 2.17. The monoisotopic (exact) mass is 272 g/mol. The molecule has 1 aromatic rings. The summed E-state index contributed by atoms with van der Waals surface area (Å²) in [6.07, 6.45) is 0. The van der Waals surface area contributed by atoms with Crippen LogP contribution in [0.3, 0.4) is 0 Å². The largest absolute Gasteiger partial charge is 0.399 e. The van der Waals surface area contributed by atoms with E-state index < -0.39 is 15.6 Å². The van der Waals surface area contributed by atoms with Crippen LogP contribution in [0.1, 0.15) is 19.4 Å². The number of aryl methyl sites for hydroxylation is 1. The number of nitrogen functional groups attached to an aromatic ring is 1. The van der Waals surface area contributed by atoms with Gasteiger partial charge in [0.05, 0.1) is 10.5 Å². The van der Waals surface area contributed by atoms with E-state index >= 15 is 0 Å². The highest BCUT2D eigenvalue weighted by atomic mass is 32.2. The van der Waals surface area contributed by atoms with Gasteiger partial charge in [-0.3, -0.25) is 0 Å². The zero-order valence-electron chi connectivity index (χ0n) is 11.1. The molecule has 102 valence electrons. The number of anilines is 1. The number of ether oxygens (including phenoxy) is 1. The molecule has 0 radical (unpaired) electrons. The van der Waals surface area contributed by atoms with Crippen molar-refractivity contribution in [2.24, 2.45) is 0 Å². The third kappa shape index (κ3) is 3.69. The molecule has 5 nitrogen and oxygen atoms in total. The maximum absolute atomic E-state index is 12.1. The summed E-state index contributed by atoms with van der Waals surface area (Å²) in [6, 6.07) is 4.63. The van der Waals surface area contributed by atoms with E-state index in [-0.39, 0.29) is 11.4 Å². The van der Waals surface area contributed by atoms with Gasteiger partial charge >= 0.3 is 0 Å². The zero-order valence-corrected chi connectivity index (χ0v) is 12.0. The van der Waals surface area contributed by atoms with Crippen LogP contribution in [-0.2, 0) is 14.8 Å². The van der Waals surface area contributed by atoms with Gasteiger partial charge in [0.25, 0.3) is 0 Å². The van der Waals surface area contributed by atoms with Gasteiger partial charge in [0.2, 0.25) is 10.0 Å². The van der Waals surface area contributed by atoms with Crippen molar-refractivity contribution in [1.29, 1.82) is 0 Å². The molecule has 0 aliphatic carbocycles. The van der Waals surface area contributed by atoms with Gasteiger partial charge in [-0.25, -0.2) is 13.1 Å². The van der Waals surface area contributed by atoms with Crippen LogP contribution in [0.25, 0.3) is 0 Å². The molecule has 0 aromatic heterocycles. The van der Waals surface area contributed by atoms with Crippen LogP contribution in [0.15, 0.2) is 23.1 Å². The average Bonchev–Trinajstić information content (AvgIpc) is 2.30. The van der Waals surface area contributed by atoms with Gasteiger partial charge in [0.15, 0.2) is 0 Å². The molecule has 0 fully saturated rings. The molecule has 0 saturated heterocycles. The summed E-state index contributed by atoms with van der Waals surface area (Å²) in [5.74, 6) is 0. The van der Waals surface area contributed by atoms with Crippen molar-refractivity contribution in [2.75, 3.05) is 19.4 Å². The van der Waals surface area contributed by atoms with Gasteiger partial charge in [0.1, 0.15) is 0 Å². The lowest BCUT2D eigenvalue weighted by molar-refractivity contribution is 0.0276. The number of methoxy groups -OCH3 is 1. The Morgan fingerprint density at radius 1 is 1.39 bits per heavy atom. The maximum atomic E-state index is 12.1. The molecular formula is C12H20N2O3S. The Morgan fingerprint density at radius 3 is 2.50 bits per heavy atom. The first-order valence-corrected chi connectivity index (χ1v) is 7.07. The SMILES string of the molecule is COC(C)(C)CNS(=O)(=O)c1ccc(N)c(C)c1. The van der Waals surface area contributed by atoms with Gasteiger partial charge < -0.3 is 10.5 Å². The Labute approximate surface area is 108 Å². The Kier molecular flexibility index (Phi) is 4.37. The molecule has 0 unspecified atom stereocenters. The Bertz CT molecular complexity index is 524. The number of nitrogens with two attached hydrogens (primary N) is 1. The number of hydrogen-bond acceptors (Lipinski definition) is 4. The van der Waals surface area contributed by atoms with E-state index in [1.54, 1.807) is 26.2 Å². The summed E-state index contributed by atoms with van der Waals surface area (Å²) in [4.78, 5) is 0.209. The van der Waals surface area contributed by atoms with Crippen LogP contribution >= 0.6 is 0 Å². The first kappa shape index (κ1) is 14.9. The summed E-state index contributed by atoms with van der Waals surface area (Å²) in [5, 5.41) is 0. The first-order chi connectivity index (χ1) is 8.18. The highest BCUT2D eigenvalue weighted by Gasteiger charge is 2.21. The summed E-state index contributed by atoms with van der Waals surface area (Å²) in [7, 11) is -1.99. The minimum atomic E-state index is -3.53. The molecule has 3 N–H and O–H groups in total. The van der Waals surface area contributed by atoms with Gasteiger partial charge in [-0.15, -0.1) is 0 Å². The maximum Gasteiger partial charge on any atom is 0.240 e. The normalized spacial score (nSPS) is 12.7. The van der Waals surface area contributed by atoms with E-state index in [0.29, 0.717) is 5.69 Å². The van der Waals surface area contributed by atoms with E-state index in [4.69, 9.17) is 10.5 Å². The third-order valence-corrected chi connectivity index (χ3v) is 4.19. The lowest BCUT2D eigenvalue weighted by atomic mass is 10.1. The molecule has 0 heterocycles. The molecule has 6 heteroatoms. The summed E-state index contributed by atoms with van der Waals surface area (Å²) >= 11 is 0. The van der Waals surface area contributed by atoms with Crippen molar-refractivity contribution in [3.05, 3.63) is 23.8 Å². The minimum absolute atomic E-state index is 0.204. The molecule has 18 heavy (non-hydrogen) atoms. The molecule has 0 saturated carbocycles. The second kappa shape index (κ2) is 5.26. The Hall–Kier alpha value is -1.11. The van der Waals surface area contributed by atoms with Gasteiger partial charge in [-0.1, -0.05) is 0 Å². The van der Waals surface area contributed by atoms with Crippen molar-refractivity contribution >= 4 is 15.7 Å². The lowest BCUT2D eigenvalue weighted by Gasteiger charge is -2.23. The number of sulfonamides is 1. The molecule has 0 aliphatic heterocycles. The number of nitrogens with one attached hydrogen (secondary N) is 1. The second-order valence-corrected chi connectivity index (χ2v) is 6.57. The molecule has 0 spiro atoms. The molecule has 0 amide bonds. The zero-order chi connectivity index (χ0) is 14.0. The van der Waals surface area contributed by atoms with Crippen molar-refractivity contribution in [1.82, 2.24) is 4.72 Å². The number of benzene rings is 1. The van der Waals surface area contributed by atoms with Crippen LogP contribution in [-0.4, -0.2) is 27.7 Å². The van der Waals surface area contributed by atoms with E-state index in [9.17, 15) is 8.42 Å². The van der Waals surface area contributed by atoms with E-state index in [1.807, 2.05) is 13.8 Å². The first-order valence-electron chi connectivity index (χ1n) is 5.59. The topological polar surface area (TPSA) is 81.4 Å². The second-order valence-electron chi connectivity index (χ2n) is 4.81. The summed E-state index contributed by atoms with van der Waals surface area (Å²) < 4.78 is 31.8. The Morgan fingerprint density at radius 2 is 2.00 bits per heavy atom. The molecule has 1 rings (SSSR count). The molecular weight excluding hydrogens is 252 g/mol. The van der Waals surface area contributed by atoms with E-state index in [2.05, 4.69) is 4.72 Å². The van der Waals surface area contributed by atoms with Gasteiger partial charge in [-0.2, -0.15) is 0 Å². The van der Waals surface area contributed by atoms with Gasteiger partial charge in [-0.05, 0) is 44.5 Å². The fourth-order valence-corrected chi connectivity index (χ4v) is 2.52. The third-order valence-electron chi connectivity index (χ3n) is 2.79. The molecule has 1 aromatic carbocycles. The highest BCUT2D eigenvalue weighted by molar-refractivity contribution is 7.89. The van der Waals surface area contributed by atoms with Crippen molar-refractivity contribution in [3.63, 3.8) is 0 Å². The number of hydrogen-bond donors (Lipinski definition) is 2. The van der Waals surface area contributed by atoms with Crippen molar-refractivity contribution in [3.8, 4) is 0 Å². The van der Waals surface area contributed by atoms with Crippen LogP contribution < -0.4 is 10.5 Å². The van der Waals surface area contributed by atoms with Crippen LogP contribution in [0.4, 0.5) is 5.69 Å². The fourth-order valence-electron chi connectivity index (χ4n) is 1.24. The fraction of sp³-hybridized carbons (Fsp3) is 0.500. The van der Waals surface area contributed by atoms with Crippen molar-refractivity contribution < 1.29 is 13.2 Å². The minimum Gasteiger partial charge on any atom is -0.399 e. The van der Waals surface area contributed by atoms with Crippen LogP contribution in [0.2, 0.25) is 0 Å². The molecule has 0 bridgehead atoms. The summed E-state index contributed by atoms with van der Waals surface area (Å²) in [6.45, 7) is 5.59. The van der Waals surface area contributed by atoms with Crippen molar-refractivity contribution in [2.45, 2.75) is 31.3 Å². The Balaban J connectivity index is 2.90. The van der Waals surface area contributed by atoms with E-state index in [1.165, 1.54) is 6.07 Å². The number of rotatable bonds is 5. The van der Waals surface area contributed by atoms with Crippen LogP contribution in [0.5, 0.6) is 0 Å². The molecule has 0 atom stereocenters. The lowest BCUT2D eigenvalue weighted by Crippen LogP contribution is -2.39. The molecule has 0 aliphatic rings. The average molecular weight is 272 g/mol. The van der Waals surface area contributed by atoms with Gasteiger partial charge in [0, 0.05) is 19.3 Å². The quantitative estimate of drug-likeness (QED) is 0.791. The predicted octanol–water partition coefficient (Wildman–Crippen LogP) is 1.28. The standard InChI is InChI=1S/C12H20N2O3S/c1-9-7-10(5-6-11(9)13)18(15,16)14-8-12(2,3)17-4/h5-7,14H,8,13H2,1-4H3. The van der Waals surface area contributed by atoms with E-state index in [0.717, 1.165) is 5.56 Å². The van der Waals surface area contributed by atoms with Crippen LogP contribution in [0, 0.1) is 6.92 Å². The predicted molar refractivity (Wildman–Crippen MR) is 71.9 cm³/mol. The smallest absolute Gasteiger partial charge is 0.240 e. The summed E-state index contributed by atoms with van der Waals surface area (Å²) in [5.41, 5.74) is 6.43.